The molecule has 1 fully saturated rings. The van der Waals surface area contributed by atoms with Crippen molar-refractivity contribution in [1.29, 1.82) is 0 Å². The highest BCUT2D eigenvalue weighted by molar-refractivity contribution is 7.07. The van der Waals surface area contributed by atoms with Crippen LogP contribution in [0.25, 0.3) is 0 Å². The summed E-state index contributed by atoms with van der Waals surface area (Å²) in [6.45, 7) is 1.97. The number of morpholine rings is 1. The maximum atomic E-state index is 13.2. The third kappa shape index (κ3) is 2.75. The quantitative estimate of drug-likeness (QED) is 0.756. The molecule has 0 saturated carbocycles. The Morgan fingerprint density at radius 2 is 2.00 bits per heavy atom. The molecule has 7 heteroatoms. The lowest BCUT2D eigenvalue weighted by Gasteiger charge is -2.36. The SMILES string of the molecule is Cn1ccsc1=NC(=O)[N+]1(c2ccc(F)cc2)CCOCC1. The number of hydrogen-bond acceptors (Lipinski definition) is 3. The lowest BCUT2D eigenvalue weighted by Crippen LogP contribution is -2.59. The van der Waals surface area contributed by atoms with E-state index in [2.05, 4.69) is 4.99 Å². The normalized spacial score (nSPS) is 18.4. The van der Waals surface area contributed by atoms with Crippen LogP contribution in [0.1, 0.15) is 0 Å². The van der Waals surface area contributed by atoms with Crippen molar-refractivity contribution in [3.05, 3.63) is 46.5 Å². The van der Waals surface area contributed by atoms with Crippen LogP contribution in [-0.2, 0) is 11.8 Å². The Hall–Kier alpha value is -1.83. The Balaban J connectivity index is 2.04. The second-order valence-electron chi connectivity index (χ2n) is 5.19. The molecular formula is C15H17FN3O2S+. The lowest BCUT2D eigenvalue weighted by atomic mass is 10.2. The number of amides is 2. The van der Waals surface area contributed by atoms with Crippen molar-refractivity contribution in [2.45, 2.75) is 0 Å². The number of rotatable bonds is 1. The molecule has 2 aromatic rings. The zero-order valence-electron chi connectivity index (χ0n) is 12.2. The molecule has 0 unspecified atom stereocenters. The zero-order valence-corrected chi connectivity index (χ0v) is 13.1. The van der Waals surface area contributed by atoms with Crippen LogP contribution in [0.2, 0.25) is 0 Å². The molecule has 1 aromatic heterocycles. The third-order valence-electron chi connectivity index (χ3n) is 3.87. The molecule has 1 aromatic carbocycles. The fourth-order valence-corrected chi connectivity index (χ4v) is 3.28. The Morgan fingerprint density at radius 1 is 1.32 bits per heavy atom. The van der Waals surface area contributed by atoms with E-state index in [1.807, 2.05) is 23.2 Å². The first-order valence-electron chi connectivity index (χ1n) is 7.02. The molecular weight excluding hydrogens is 305 g/mol. The van der Waals surface area contributed by atoms with E-state index in [1.165, 1.54) is 23.5 Å². The first kappa shape index (κ1) is 15.1. The van der Waals surface area contributed by atoms with Crippen LogP contribution in [0.4, 0.5) is 14.9 Å². The van der Waals surface area contributed by atoms with E-state index in [4.69, 9.17) is 4.74 Å². The molecule has 0 radical (unpaired) electrons. The summed E-state index contributed by atoms with van der Waals surface area (Å²) < 4.78 is 20.5. The van der Waals surface area contributed by atoms with Crippen LogP contribution in [0.5, 0.6) is 0 Å². The minimum Gasteiger partial charge on any atom is -0.370 e. The van der Waals surface area contributed by atoms with Crippen LogP contribution in [0.15, 0.2) is 40.8 Å². The molecule has 22 heavy (non-hydrogen) atoms. The van der Waals surface area contributed by atoms with Gasteiger partial charge in [0, 0.05) is 30.8 Å². The first-order valence-corrected chi connectivity index (χ1v) is 7.90. The van der Waals surface area contributed by atoms with E-state index in [9.17, 15) is 9.18 Å². The maximum Gasteiger partial charge on any atom is 0.450 e. The Kier molecular flexibility index (Phi) is 4.19. The van der Waals surface area contributed by atoms with E-state index >= 15 is 0 Å². The molecule has 0 spiro atoms. The number of carbonyl (C=O) groups excluding carboxylic acids is 1. The van der Waals surface area contributed by atoms with Crippen molar-refractivity contribution in [3.8, 4) is 0 Å². The van der Waals surface area contributed by atoms with Crippen LogP contribution in [-0.4, -0.2) is 36.9 Å². The van der Waals surface area contributed by atoms with Crippen molar-refractivity contribution < 1.29 is 13.9 Å². The fraction of sp³-hybridized carbons (Fsp3) is 0.333. The van der Waals surface area contributed by atoms with Gasteiger partial charge in [-0.05, 0) is 12.1 Å². The second-order valence-corrected chi connectivity index (χ2v) is 6.07. The van der Waals surface area contributed by atoms with Gasteiger partial charge in [0.1, 0.15) is 24.6 Å². The summed E-state index contributed by atoms with van der Waals surface area (Å²) in [7, 11) is 1.85. The molecule has 5 nitrogen and oxygen atoms in total. The minimum atomic E-state index is -0.316. The number of benzene rings is 1. The number of halogens is 1. The van der Waals surface area contributed by atoms with Crippen molar-refractivity contribution >= 4 is 23.1 Å². The number of nitrogens with zero attached hydrogens (tertiary/aromatic N) is 3. The van der Waals surface area contributed by atoms with E-state index < -0.39 is 0 Å². The lowest BCUT2D eigenvalue weighted by molar-refractivity contribution is 0.0572. The van der Waals surface area contributed by atoms with Gasteiger partial charge in [0.05, 0.1) is 13.2 Å². The van der Waals surface area contributed by atoms with Gasteiger partial charge in [-0.2, -0.15) is 0 Å². The van der Waals surface area contributed by atoms with Crippen molar-refractivity contribution in [2.24, 2.45) is 12.0 Å². The number of ether oxygens (including phenoxy) is 1. The summed E-state index contributed by atoms with van der Waals surface area (Å²) in [5.74, 6) is -0.316. The summed E-state index contributed by atoms with van der Waals surface area (Å²) in [6.07, 6.45) is 1.86. The topological polar surface area (TPSA) is 43.6 Å². The molecule has 2 amide bonds. The predicted molar refractivity (Wildman–Crippen MR) is 83.0 cm³/mol. The number of urea groups is 1. The van der Waals surface area contributed by atoms with E-state index in [1.54, 1.807) is 12.1 Å². The number of hydrogen-bond donors (Lipinski definition) is 0. The second kappa shape index (κ2) is 6.12. The van der Waals surface area contributed by atoms with Crippen LogP contribution in [0, 0.1) is 5.82 Å². The average Bonchev–Trinajstić information content (AvgIpc) is 2.94. The molecule has 1 saturated heterocycles. The number of thiazole rings is 1. The largest absolute Gasteiger partial charge is 0.450 e. The molecule has 1 aliphatic rings. The Bertz CT molecular complexity index is 730. The molecule has 1 aliphatic heterocycles. The van der Waals surface area contributed by atoms with Crippen molar-refractivity contribution in [2.75, 3.05) is 26.3 Å². The highest BCUT2D eigenvalue weighted by atomic mass is 32.1. The van der Waals surface area contributed by atoms with Crippen LogP contribution >= 0.6 is 11.3 Å². The molecule has 2 heterocycles. The van der Waals surface area contributed by atoms with Gasteiger partial charge in [-0.25, -0.2) is 13.7 Å². The van der Waals surface area contributed by atoms with Gasteiger partial charge in [0.25, 0.3) is 0 Å². The highest BCUT2D eigenvalue weighted by Gasteiger charge is 2.41. The van der Waals surface area contributed by atoms with Gasteiger partial charge in [-0.1, -0.05) is 0 Å². The van der Waals surface area contributed by atoms with Crippen LogP contribution in [0.3, 0.4) is 0 Å². The van der Waals surface area contributed by atoms with Gasteiger partial charge < -0.3 is 9.30 Å². The summed E-state index contributed by atoms with van der Waals surface area (Å²) in [6, 6.07) is 5.82. The standard InChI is InChI=1S/C15H17FN3O2S/c1-18-6-11-22-14(18)17-15(20)19(7-9-21-10-8-19)13-4-2-12(16)3-5-13/h2-6,11H,7-10H2,1H3/q+1. The van der Waals surface area contributed by atoms with Crippen molar-refractivity contribution in [3.63, 3.8) is 0 Å². The predicted octanol–water partition coefficient (Wildman–Crippen LogP) is 2.28. The molecule has 0 bridgehead atoms. The third-order valence-corrected chi connectivity index (χ3v) is 4.72. The molecule has 116 valence electrons. The highest BCUT2D eigenvalue weighted by Crippen LogP contribution is 2.26. The first-order chi connectivity index (χ1) is 10.6. The van der Waals surface area contributed by atoms with E-state index in [0.717, 1.165) is 5.69 Å². The van der Waals surface area contributed by atoms with E-state index in [-0.39, 0.29) is 16.3 Å². The van der Waals surface area contributed by atoms with Gasteiger partial charge in [0.15, 0.2) is 4.80 Å². The molecule has 3 rings (SSSR count). The number of aryl methyl sites for hydroxylation is 1. The number of quaternary nitrogens is 1. The van der Waals surface area contributed by atoms with Crippen molar-refractivity contribution in [1.82, 2.24) is 9.05 Å². The zero-order chi connectivity index (χ0) is 15.6. The summed E-state index contributed by atoms with van der Waals surface area (Å²) in [5.41, 5.74) is 0.748. The van der Waals surface area contributed by atoms with Gasteiger partial charge in [-0.3, -0.25) is 0 Å². The van der Waals surface area contributed by atoms with E-state index in [0.29, 0.717) is 31.1 Å². The fourth-order valence-electron chi connectivity index (χ4n) is 2.55. The summed E-state index contributed by atoms with van der Waals surface area (Å²) in [4.78, 5) is 17.8. The average molecular weight is 322 g/mol. The van der Waals surface area contributed by atoms with Gasteiger partial charge in [0.2, 0.25) is 0 Å². The van der Waals surface area contributed by atoms with Gasteiger partial charge >= 0.3 is 6.03 Å². The Morgan fingerprint density at radius 3 is 2.59 bits per heavy atom. The molecule has 0 aliphatic carbocycles. The van der Waals surface area contributed by atoms with Gasteiger partial charge in [-0.15, -0.1) is 16.3 Å². The number of carbonyl (C=O) groups is 1. The molecule has 0 atom stereocenters. The maximum absolute atomic E-state index is 13.2. The number of aromatic nitrogens is 1. The Labute approximate surface area is 131 Å². The van der Waals surface area contributed by atoms with Crippen LogP contribution < -0.4 is 9.28 Å². The monoisotopic (exact) mass is 322 g/mol. The summed E-state index contributed by atoms with van der Waals surface area (Å²) in [5, 5.41) is 1.88. The smallest absolute Gasteiger partial charge is 0.370 e. The summed E-state index contributed by atoms with van der Waals surface area (Å²) >= 11 is 1.41. The minimum absolute atomic E-state index is 0.0676. The molecule has 0 N–H and O–H groups in total.